The summed E-state index contributed by atoms with van der Waals surface area (Å²) in [5, 5.41) is 69.4. The molecule has 5 aliphatic heterocycles. The monoisotopic (exact) mass is 931 g/mol. The van der Waals surface area contributed by atoms with Crippen molar-refractivity contribution in [3.63, 3.8) is 0 Å². The second kappa shape index (κ2) is 17.9. The van der Waals surface area contributed by atoms with Crippen LogP contribution in [0.4, 0.5) is 0 Å². The van der Waals surface area contributed by atoms with Crippen LogP contribution in [-0.2, 0) is 49.1 Å². The highest BCUT2D eigenvalue weighted by atomic mass is 16.8. The number of ether oxygens (including phenoxy) is 9. The molecule has 24 atom stereocenters. The molecule has 372 valence electrons. The Morgan fingerprint density at radius 1 is 0.652 bits per heavy atom. The van der Waals surface area contributed by atoms with E-state index in [0.29, 0.717) is 38.0 Å². The molecule has 5 saturated heterocycles. The van der Waals surface area contributed by atoms with E-state index in [9.17, 15) is 30.6 Å². The maximum absolute atomic E-state index is 13.0. The van der Waals surface area contributed by atoms with Gasteiger partial charge in [-0.3, -0.25) is 0 Å². The van der Waals surface area contributed by atoms with E-state index in [1.807, 2.05) is 46.8 Å². The van der Waals surface area contributed by atoms with Crippen LogP contribution < -0.4 is 0 Å². The van der Waals surface area contributed by atoms with Gasteiger partial charge in [0, 0.05) is 37.5 Å². The second-order valence-electron chi connectivity index (χ2n) is 23.0. The van der Waals surface area contributed by atoms with Crippen molar-refractivity contribution in [2.45, 2.75) is 242 Å². The number of rotatable bonds is 9. The number of para-hydroxylation sites is 1. The minimum absolute atomic E-state index is 0.0388. The van der Waals surface area contributed by atoms with Gasteiger partial charge in [-0.25, -0.2) is 0 Å². The van der Waals surface area contributed by atoms with Crippen molar-refractivity contribution in [2.75, 3.05) is 0 Å². The average molecular weight is 931 g/mol. The Balaban J connectivity index is 0.721. The molecular weight excluding hydrogens is 853 g/mol. The van der Waals surface area contributed by atoms with Crippen molar-refractivity contribution in [1.82, 2.24) is 0 Å². The summed E-state index contributed by atoms with van der Waals surface area (Å²) in [5.74, 6) is -0.0250. The Hall–Kier alpha value is -1.54. The van der Waals surface area contributed by atoms with Gasteiger partial charge < -0.3 is 73.3 Å². The quantitative estimate of drug-likeness (QED) is 0.176. The lowest BCUT2D eigenvalue weighted by Gasteiger charge is -2.65. The molecule has 9 aliphatic rings. The van der Waals surface area contributed by atoms with E-state index >= 15 is 0 Å². The molecule has 9 fully saturated rings. The van der Waals surface area contributed by atoms with Crippen LogP contribution in [0.15, 0.2) is 24.3 Å². The van der Waals surface area contributed by atoms with Gasteiger partial charge in [0.2, 0.25) is 0 Å². The van der Waals surface area contributed by atoms with Crippen LogP contribution in [0.2, 0.25) is 0 Å². The number of benzene rings is 1. The number of phenolic OH excluding ortho intramolecular Hbond substituents is 1. The summed E-state index contributed by atoms with van der Waals surface area (Å²) in [6.45, 7) is 13.9. The summed E-state index contributed by atoms with van der Waals surface area (Å²) in [4.78, 5) is 0. The Kier molecular flexibility index (Phi) is 13.1. The number of aliphatic hydroxyl groups excluding tert-OH is 4. The maximum atomic E-state index is 13.0. The van der Waals surface area contributed by atoms with Gasteiger partial charge in [-0.15, -0.1) is 0 Å². The van der Waals surface area contributed by atoms with E-state index in [1.54, 1.807) is 12.1 Å². The maximum Gasteiger partial charge on any atom is 0.163 e. The molecule has 0 aromatic heterocycles. The van der Waals surface area contributed by atoms with E-state index < -0.39 is 84.7 Å². The van der Waals surface area contributed by atoms with Gasteiger partial charge in [-0.2, -0.15) is 0 Å². The summed E-state index contributed by atoms with van der Waals surface area (Å²) >= 11 is 0. The fraction of sp³-hybridized carbons (Fsp3) is 0.882. The zero-order valence-corrected chi connectivity index (χ0v) is 40.0. The van der Waals surface area contributed by atoms with Crippen molar-refractivity contribution in [3.8, 4) is 5.75 Å². The lowest BCUT2D eigenvalue weighted by Crippen LogP contribution is -2.67. The van der Waals surface area contributed by atoms with Gasteiger partial charge in [-0.05, 0) is 133 Å². The van der Waals surface area contributed by atoms with Gasteiger partial charge in [0.25, 0.3) is 0 Å². The molecule has 10 rings (SSSR count). The average Bonchev–Trinajstić information content (AvgIpc) is 3.87. The van der Waals surface area contributed by atoms with E-state index in [1.165, 1.54) is 0 Å². The molecule has 1 aromatic rings. The summed E-state index contributed by atoms with van der Waals surface area (Å²) in [7, 11) is 0. The Morgan fingerprint density at radius 2 is 1.30 bits per heavy atom. The SMILES string of the molecule is CC1O[C@@H](O[C@H]2CC[C@@]3(C)[C@H](CC[C@@H]4[C@@H]3C[C@@H](O)[C@]3(C)[C@@H](C5CC(O)OC5Cc5ccccc5O)CC[C@]43O)C2)C[C@@H](O)C1O[C@@H]1C[C@@H](O)C(O[C@H]2C[C@H]3OC(C)(C)OC3C(C)O2)C(C)O1. The Labute approximate surface area is 390 Å². The first-order chi connectivity index (χ1) is 31.3. The predicted octanol–water partition coefficient (Wildman–Crippen LogP) is 5.21. The minimum atomic E-state index is -1.05. The molecule has 15 nitrogen and oxygen atoms in total. The fourth-order valence-corrected chi connectivity index (χ4v) is 15.6. The van der Waals surface area contributed by atoms with Gasteiger partial charge in [0.1, 0.15) is 24.1 Å². The van der Waals surface area contributed by atoms with Crippen LogP contribution in [0.5, 0.6) is 5.75 Å². The third-order valence-electron chi connectivity index (χ3n) is 18.9. The van der Waals surface area contributed by atoms with Crippen molar-refractivity contribution < 1.29 is 73.3 Å². The van der Waals surface area contributed by atoms with Crippen LogP contribution in [0.3, 0.4) is 0 Å². The molecule has 66 heavy (non-hydrogen) atoms. The van der Waals surface area contributed by atoms with Crippen LogP contribution in [0.25, 0.3) is 0 Å². The van der Waals surface area contributed by atoms with Gasteiger partial charge in [0.15, 0.2) is 30.9 Å². The summed E-state index contributed by atoms with van der Waals surface area (Å²) in [6.07, 6.45) is -0.433. The van der Waals surface area contributed by atoms with E-state index in [2.05, 4.69) is 13.8 Å². The molecule has 9 unspecified atom stereocenters. The number of hydrogen-bond acceptors (Lipinski definition) is 15. The fourth-order valence-electron chi connectivity index (χ4n) is 15.6. The predicted molar refractivity (Wildman–Crippen MR) is 236 cm³/mol. The minimum Gasteiger partial charge on any atom is -0.508 e. The van der Waals surface area contributed by atoms with Crippen LogP contribution in [0, 0.1) is 40.4 Å². The molecule has 0 spiro atoms. The molecule has 4 aliphatic carbocycles. The molecular formula is C51H78O15. The van der Waals surface area contributed by atoms with E-state index in [-0.39, 0.29) is 78.2 Å². The van der Waals surface area contributed by atoms with Gasteiger partial charge in [0.05, 0.1) is 60.5 Å². The standard InChI is InChI=1S/C51H78O15/c1-25-45(63-43-23-37(54)46(26(2)59-43)64-44-24-39-47(27(3)60-44)66-48(4,5)65-39)36(53)22-42(58-25)61-30-14-16-49(6)29(19-30)12-13-33-34(49)21-40(55)50(7)32(15-17-51(33,50)57)31-20-41(56)62-38(31)18-28-10-8-9-11-35(28)52/h8-11,25-27,29-34,36-47,52-57H,12-24H2,1-7H3/t25?,26?,27?,29-,30+,31?,32-,33-,34+,36-,37-,38?,39-,40-,41?,42+,43-,44+,45?,46?,47?,49+,50+,51+/m1/s1. The molecule has 15 heteroatoms. The first-order valence-corrected chi connectivity index (χ1v) is 25.4. The molecule has 4 saturated carbocycles. The summed E-state index contributed by atoms with van der Waals surface area (Å²) < 4.78 is 56.3. The summed E-state index contributed by atoms with van der Waals surface area (Å²) in [5.41, 5.74) is -1.11. The normalized spacial score (nSPS) is 53.4. The van der Waals surface area contributed by atoms with Gasteiger partial charge >= 0.3 is 0 Å². The van der Waals surface area contributed by atoms with Crippen molar-refractivity contribution >= 4 is 0 Å². The first-order valence-electron chi connectivity index (χ1n) is 25.4. The molecule has 6 N–H and O–H groups in total. The van der Waals surface area contributed by atoms with Crippen LogP contribution >= 0.6 is 0 Å². The Bertz CT molecular complexity index is 1850. The molecule has 5 heterocycles. The number of aliphatic hydroxyl groups is 5. The molecule has 1 aromatic carbocycles. The first kappa shape index (κ1) is 48.1. The number of aromatic hydroxyl groups is 1. The molecule has 0 radical (unpaired) electrons. The topological polar surface area (TPSA) is 204 Å². The zero-order chi connectivity index (χ0) is 46.7. The highest BCUT2D eigenvalue weighted by Crippen LogP contribution is 2.70. The number of fused-ring (bicyclic) bond motifs is 6. The van der Waals surface area contributed by atoms with Gasteiger partial charge in [-0.1, -0.05) is 32.0 Å². The highest BCUT2D eigenvalue weighted by molar-refractivity contribution is 5.33. The molecule has 0 bridgehead atoms. The number of hydrogen-bond donors (Lipinski definition) is 6. The van der Waals surface area contributed by atoms with Crippen LogP contribution in [-0.4, -0.2) is 140 Å². The van der Waals surface area contributed by atoms with Crippen molar-refractivity contribution in [3.05, 3.63) is 29.8 Å². The Morgan fingerprint density at radius 3 is 1.98 bits per heavy atom. The van der Waals surface area contributed by atoms with E-state index in [0.717, 1.165) is 44.1 Å². The van der Waals surface area contributed by atoms with Crippen molar-refractivity contribution in [2.24, 2.45) is 40.4 Å². The van der Waals surface area contributed by atoms with Crippen molar-refractivity contribution in [1.29, 1.82) is 0 Å². The lowest BCUT2D eigenvalue weighted by atomic mass is 9.42. The third kappa shape index (κ3) is 8.41. The number of phenols is 1. The summed E-state index contributed by atoms with van der Waals surface area (Å²) in [6, 6.07) is 7.25. The molecule has 0 amide bonds. The largest absolute Gasteiger partial charge is 0.508 e. The van der Waals surface area contributed by atoms with E-state index in [4.69, 9.17) is 42.6 Å². The lowest BCUT2D eigenvalue weighted by molar-refractivity contribution is -0.334. The zero-order valence-electron chi connectivity index (χ0n) is 40.0. The highest BCUT2D eigenvalue weighted by Gasteiger charge is 2.72. The smallest absolute Gasteiger partial charge is 0.163 e. The third-order valence-corrected chi connectivity index (χ3v) is 18.9. The van der Waals surface area contributed by atoms with Crippen LogP contribution in [0.1, 0.15) is 131 Å². The second-order valence-corrected chi connectivity index (χ2v) is 23.0.